The van der Waals surface area contributed by atoms with E-state index in [1.54, 1.807) is 0 Å². The Balaban J connectivity index is 2.62. The van der Waals surface area contributed by atoms with Crippen LogP contribution in [0.4, 0.5) is 0 Å². The van der Waals surface area contributed by atoms with Crippen LogP contribution in [0, 0.1) is 5.92 Å². The first-order chi connectivity index (χ1) is 7.10. The van der Waals surface area contributed by atoms with Crippen molar-refractivity contribution in [2.45, 2.75) is 52.5 Å². The molecule has 1 saturated heterocycles. The summed E-state index contributed by atoms with van der Waals surface area (Å²) >= 11 is 0. The number of carbonyl (C=O) groups is 2. The average molecular weight is 211 g/mol. The van der Waals surface area contributed by atoms with Crippen LogP contribution in [-0.4, -0.2) is 29.2 Å². The summed E-state index contributed by atoms with van der Waals surface area (Å²) in [6, 6.07) is 0.278. The van der Waals surface area contributed by atoms with Crippen molar-refractivity contribution in [1.82, 2.24) is 4.90 Å². The van der Waals surface area contributed by atoms with Crippen LogP contribution in [-0.2, 0) is 9.59 Å². The largest absolute Gasteiger partial charge is 0.339 e. The van der Waals surface area contributed by atoms with Crippen LogP contribution in [0.2, 0.25) is 0 Å². The van der Waals surface area contributed by atoms with E-state index < -0.39 is 0 Å². The Morgan fingerprint density at radius 1 is 1.27 bits per heavy atom. The maximum Gasteiger partial charge on any atom is 0.230 e. The van der Waals surface area contributed by atoms with Crippen molar-refractivity contribution >= 4 is 11.7 Å². The first kappa shape index (κ1) is 12.2. The second-order valence-electron chi connectivity index (χ2n) is 4.37. The molecule has 1 atom stereocenters. The summed E-state index contributed by atoms with van der Waals surface area (Å²) in [7, 11) is 0. The van der Waals surface area contributed by atoms with Gasteiger partial charge in [-0.1, -0.05) is 26.7 Å². The summed E-state index contributed by atoms with van der Waals surface area (Å²) in [5.41, 5.74) is 0. The van der Waals surface area contributed by atoms with Crippen molar-refractivity contribution < 1.29 is 9.59 Å². The van der Waals surface area contributed by atoms with E-state index >= 15 is 0 Å². The Morgan fingerprint density at radius 2 is 1.87 bits per heavy atom. The average Bonchev–Trinajstić information content (AvgIpc) is 2.19. The second kappa shape index (κ2) is 5.29. The van der Waals surface area contributed by atoms with Gasteiger partial charge in [0.25, 0.3) is 0 Å². The molecule has 0 radical (unpaired) electrons. The Kier molecular flexibility index (Phi) is 4.30. The van der Waals surface area contributed by atoms with E-state index in [-0.39, 0.29) is 24.2 Å². The van der Waals surface area contributed by atoms with Crippen LogP contribution in [0.15, 0.2) is 0 Å². The van der Waals surface area contributed by atoms with Gasteiger partial charge in [0.2, 0.25) is 5.91 Å². The third-order valence-electron chi connectivity index (χ3n) is 3.52. The molecule has 86 valence electrons. The molecule has 1 fully saturated rings. The summed E-state index contributed by atoms with van der Waals surface area (Å²) in [5.74, 6) is 0.667. The molecule has 0 aromatic carbocycles. The quantitative estimate of drug-likeness (QED) is 0.667. The highest BCUT2D eigenvalue weighted by Crippen LogP contribution is 2.21. The van der Waals surface area contributed by atoms with Crippen molar-refractivity contribution in [3.63, 3.8) is 0 Å². The molecule has 0 aromatic rings. The molecule has 3 heteroatoms. The number of nitrogens with zero attached hydrogens (tertiary/aromatic N) is 1. The second-order valence-corrected chi connectivity index (χ2v) is 4.37. The van der Waals surface area contributed by atoms with E-state index in [2.05, 4.69) is 20.8 Å². The number of piperidine rings is 1. The van der Waals surface area contributed by atoms with Crippen molar-refractivity contribution in [1.29, 1.82) is 0 Å². The van der Waals surface area contributed by atoms with Gasteiger partial charge in [0.05, 0.1) is 6.42 Å². The first-order valence-electron chi connectivity index (χ1n) is 5.91. The molecule has 0 spiro atoms. The topological polar surface area (TPSA) is 37.4 Å². The zero-order chi connectivity index (χ0) is 11.4. The van der Waals surface area contributed by atoms with Gasteiger partial charge in [0.15, 0.2) is 0 Å². The number of likely N-dealkylation sites (tertiary alicyclic amines) is 1. The molecule has 1 heterocycles. The van der Waals surface area contributed by atoms with Crippen molar-refractivity contribution in [3.8, 4) is 0 Å². The fourth-order valence-corrected chi connectivity index (χ4v) is 2.38. The molecule has 0 aromatic heterocycles. The van der Waals surface area contributed by atoms with Crippen LogP contribution in [0.3, 0.4) is 0 Å². The van der Waals surface area contributed by atoms with Gasteiger partial charge in [0.1, 0.15) is 5.78 Å². The Hall–Kier alpha value is -0.860. The van der Waals surface area contributed by atoms with Crippen LogP contribution in [0.1, 0.15) is 46.5 Å². The number of hydrogen-bond donors (Lipinski definition) is 0. The molecule has 0 saturated carbocycles. The molecule has 15 heavy (non-hydrogen) atoms. The Morgan fingerprint density at radius 3 is 2.33 bits per heavy atom. The molecule has 3 nitrogen and oxygen atoms in total. The third kappa shape index (κ3) is 2.80. The number of rotatable bonds is 4. The maximum atomic E-state index is 11.7. The standard InChI is InChI=1S/C12H21NO2/c1-4-10(5-2)9(3)13-7-6-11(14)8-12(13)15/h9-10H,4-8H2,1-3H3. The minimum atomic E-state index is 0.0191. The molecule has 0 bridgehead atoms. The summed E-state index contributed by atoms with van der Waals surface area (Å²) in [6.07, 6.45) is 2.84. The van der Waals surface area contributed by atoms with E-state index in [9.17, 15) is 9.59 Å². The van der Waals surface area contributed by atoms with Crippen LogP contribution < -0.4 is 0 Å². The number of ketones is 1. The molecular weight excluding hydrogens is 190 g/mol. The monoisotopic (exact) mass is 211 g/mol. The van der Waals surface area contributed by atoms with E-state index in [0.717, 1.165) is 12.8 Å². The molecule has 0 N–H and O–H groups in total. The smallest absolute Gasteiger partial charge is 0.230 e. The molecule has 1 amide bonds. The number of hydrogen-bond acceptors (Lipinski definition) is 2. The lowest BCUT2D eigenvalue weighted by molar-refractivity contribution is -0.142. The van der Waals surface area contributed by atoms with Crippen LogP contribution in [0.5, 0.6) is 0 Å². The fraction of sp³-hybridized carbons (Fsp3) is 0.833. The molecule has 1 aliphatic rings. The van der Waals surface area contributed by atoms with E-state index in [0.29, 0.717) is 18.9 Å². The van der Waals surface area contributed by atoms with Gasteiger partial charge in [-0.15, -0.1) is 0 Å². The summed E-state index contributed by atoms with van der Waals surface area (Å²) in [6.45, 7) is 7.04. The van der Waals surface area contributed by atoms with E-state index in [1.165, 1.54) is 0 Å². The van der Waals surface area contributed by atoms with Gasteiger partial charge in [-0.2, -0.15) is 0 Å². The third-order valence-corrected chi connectivity index (χ3v) is 3.52. The maximum absolute atomic E-state index is 11.7. The summed E-state index contributed by atoms with van der Waals surface area (Å²) in [5, 5.41) is 0. The van der Waals surface area contributed by atoms with Crippen molar-refractivity contribution in [3.05, 3.63) is 0 Å². The number of amides is 1. The van der Waals surface area contributed by atoms with Gasteiger partial charge in [-0.25, -0.2) is 0 Å². The lowest BCUT2D eigenvalue weighted by Gasteiger charge is -2.36. The normalized spacial score (nSPS) is 19.9. The minimum Gasteiger partial charge on any atom is -0.339 e. The lowest BCUT2D eigenvalue weighted by Crippen LogP contribution is -2.47. The van der Waals surface area contributed by atoms with Crippen LogP contribution >= 0.6 is 0 Å². The Bertz CT molecular complexity index is 246. The van der Waals surface area contributed by atoms with Gasteiger partial charge >= 0.3 is 0 Å². The molecule has 0 aliphatic carbocycles. The van der Waals surface area contributed by atoms with Gasteiger partial charge < -0.3 is 4.90 Å². The number of carbonyl (C=O) groups excluding carboxylic acids is 2. The summed E-state index contributed by atoms with van der Waals surface area (Å²) < 4.78 is 0. The highest BCUT2D eigenvalue weighted by atomic mass is 16.2. The minimum absolute atomic E-state index is 0.0191. The van der Waals surface area contributed by atoms with E-state index in [4.69, 9.17) is 0 Å². The van der Waals surface area contributed by atoms with Crippen molar-refractivity contribution in [2.24, 2.45) is 5.92 Å². The molecule has 1 aliphatic heterocycles. The predicted octanol–water partition coefficient (Wildman–Crippen LogP) is 2.00. The fourth-order valence-electron chi connectivity index (χ4n) is 2.38. The van der Waals surface area contributed by atoms with E-state index in [1.807, 2.05) is 4.90 Å². The first-order valence-corrected chi connectivity index (χ1v) is 5.91. The van der Waals surface area contributed by atoms with Crippen LogP contribution in [0.25, 0.3) is 0 Å². The van der Waals surface area contributed by atoms with Gasteiger partial charge in [-0.3, -0.25) is 9.59 Å². The zero-order valence-corrected chi connectivity index (χ0v) is 9.95. The van der Waals surface area contributed by atoms with Gasteiger partial charge in [0, 0.05) is 19.0 Å². The predicted molar refractivity (Wildman–Crippen MR) is 59.5 cm³/mol. The van der Waals surface area contributed by atoms with Gasteiger partial charge in [-0.05, 0) is 12.8 Å². The Labute approximate surface area is 91.8 Å². The molecule has 1 unspecified atom stereocenters. The molecular formula is C12H21NO2. The SMILES string of the molecule is CCC(CC)C(C)N1CCC(=O)CC1=O. The highest BCUT2D eigenvalue weighted by Gasteiger charge is 2.30. The zero-order valence-electron chi connectivity index (χ0n) is 9.95. The molecule has 1 rings (SSSR count). The van der Waals surface area contributed by atoms with Crippen molar-refractivity contribution in [2.75, 3.05) is 6.54 Å². The highest BCUT2D eigenvalue weighted by molar-refractivity contribution is 6.00. The number of Topliss-reactive ketones (excluding diaryl/α,β-unsaturated/α-hetero) is 1. The summed E-state index contributed by atoms with van der Waals surface area (Å²) in [4.78, 5) is 24.7. The lowest BCUT2D eigenvalue weighted by atomic mass is 9.92.